The Morgan fingerprint density at radius 3 is 2.75 bits per heavy atom. The number of para-hydroxylation sites is 1. The van der Waals surface area contributed by atoms with E-state index in [0.717, 1.165) is 16.5 Å². The molecule has 4 heterocycles. The number of ether oxygens (including phenoxy) is 2. The fraction of sp³-hybridized carbons (Fsp3) is 0.333. The number of ketones is 1. The van der Waals surface area contributed by atoms with Crippen molar-refractivity contribution >= 4 is 34.9 Å². The highest BCUT2D eigenvalue weighted by Crippen LogP contribution is 2.41. The van der Waals surface area contributed by atoms with Crippen LogP contribution in [0.5, 0.6) is 0 Å². The van der Waals surface area contributed by atoms with Crippen LogP contribution in [-0.4, -0.2) is 33.6 Å². The molecule has 0 saturated carbocycles. The summed E-state index contributed by atoms with van der Waals surface area (Å²) < 4.78 is 12.6. The second kappa shape index (κ2) is 9.14. The third kappa shape index (κ3) is 3.80. The fourth-order valence-corrected chi connectivity index (χ4v) is 4.91. The van der Waals surface area contributed by atoms with Crippen molar-refractivity contribution in [3.63, 3.8) is 0 Å². The number of esters is 2. The molecule has 3 aromatic rings. The summed E-state index contributed by atoms with van der Waals surface area (Å²) in [5, 5.41) is 0.958. The fourth-order valence-electron chi connectivity index (χ4n) is 4.91. The van der Waals surface area contributed by atoms with Gasteiger partial charge in [-0.25, -0.2) is 9.78 Å². The summed E-state index contributed by atoms with van der Waals surface area (Å²) >= 11 is 0. The number of hydrogen-bond acceptors (Lipinski definition) is 8. The summed E-state index contributed by atoms with van der Waals surface area (Å²) in [7, 11) is 0. The molecule has 0 fully saturated rings. The number of pyridine rings is 2. The SMILES string of the molecule is CC[C@@]1(OC(=O)CCC(=O)CCC=O)C(=O)OCc2c1cc1n(c2=O)Cc2cc3ccccc3nc2-1. The van der Waals surface area contributed by atoms with Crippen molar-refractivity contribution in [3.8, 4) is 11.4 Å². The Morgan fingerprint density at radius 1 is 1.17 bits per heavy atom. The molecule has 36 heavy (non-hydrogen) atoms. The molecule has 1 aromatic carbocycles. The number of fused-ring (bicyclic) bond motifs is 5. The molecule has 2 aromatic heterocycles. The van der Waals surface area contributed by atoms with Gasteiger partial charge in [0, 0.05) is 35.8 Å². The molecule has 5 rings (SSSR count). The van der Waals surface area contributed by atoms with Crippen molar-refractivity contribution in [2.24, 2.45) is 0 Å². The van der Waals surface area contributed by atoms with Gasteiger partial charge in [0.05, 0.1) is 35.4 Å². The van der Waals surface area contributed by atoms with E-state index in [0.29, 0.717) is 29.8 Å². The average Bonchev–Trinajstić information content (AvgIpc) is 3.24. The monoisotopic (exact) mass is 488 g/mol. The standard InChI is InChI=1S/C27H24N2O7/c1-2-27(36-23(32)10-9-18(31)7-5-11-30)20-13-22-24-17(12-16-6-3-4-8-21(16)28-24)14-29(22)25(33)19(20)15-35-26(27)34/h3-4,6,8,11-13H,2,5,7,9-10,14-15H2,1H3/t27-/m0/s1. The van der Waals surface area contributed by atoms with E-state index in [1.54, 1.807) is 17.6 Å². The van der Waals surface area contributed by atoms with Crippen molar-refractivity contribution in [2.45, 2.75) is 57.8 Å². The van der Waals surface area contributed by atoms with Crippen LogP contribution in [-0.2, 0) is 47.4 Å². The lowest BCUT2D eigenvalue weighted by atomic mass is 9.85. The Labute approximate surface area is 206 Å². The van der Waals surface area contributed by atoms with Crippen molar-refractivity contribution in [1.82, 2.24) is 9.55 Å². The lowest BCUT2D eigenvalue weighted by Crippen LogP contribution is -2.47. The van der Waals surface area contributed by atoms with E-state index in [1.807, 2.05) is 30.3 Å². The number of hydrogen-bond donors (Lipinski definition) is 0. The first kappa shape index (κ1) is 23.6. The van der Waals surface area contributed by atoms with Crippen LogP contribution in [0.15, 0.2) is 41.2 Å². The molecule has 0 unspecified atom stereocenters. The van der Waals surface area contributed by atoms with E-state index in [2.05, 4.69) is 0 Å². The highest BCUT2D eigenvalue weighted by Gasteiger charge is 2.50. The van der Waals surface area contributed by atoms with Crippen LogP contribution in [0, 0.1) is 0 Å². The molecule has 2 aliphatic rings. The average molecular weight is 488 g/mol. The topological polar surface area (TPSA) is 122 Å². The number of carbonyl (C=O) groups is 4. The smallest absolute Gasteiger partial charge is 0.355 e. The zero-order chi connectivity index (χ0) is 25.4. The predicted molar refractivity (Wildman–Crippen MR) is 128 cm³/mol. The summed E-state index contributed by atoms with van der Waals surface area (Å²) in [6.45, 7) is 1.79. The molecule has 0 amide bonds. The number of cyclic esters (lactones) is 1. The number of aromatic nitrogens is 2. The Kier molecular flexibility index (Phi) is 5.99. The first-order valence-electron chi connectivity index (χ1n) is 11.9. The number of nitrogens with zero attached hydrogens (tertiary/aromatic N) is 2. The maximum atomic E-state index is 13.5. The molecule has 0 spiro atoms. The first-order valence-corrected chi connectivity index (χ1v) is 11.9. The second-order valence-corrected chi connectivity index (χ2v) is 8.98. The van der Waals surface area contributed by atoms with Gasteiger partial charge in [-0.15, -0.1) is 0 Å². The van der Waals surface area contributed by atoms with Crippen molar-refractivity contribution in [2.75, 3.05) is 0 Å². The molecule has 2 aliphatic heterocycles. The van der Waals surface area contributed by atoms with Gasteiger partial charge in [-0.1, -0.05) is 25.1 Å². The third-order valence-corrected chi connectivity index (χ3v) is 6.82. The summed E-state index contributed by atoms with van der Waals surface area (Å²) in [5.74, 6) is -1.76. The van der Waals surface area contributed by atoms with Gasteiger partial charge in [0.2, 0.25) is 5.60 Å². The lowest BCUT2D eigenvalue weighted by Gasteiger charge is -2.35. The van der Waals surface area contributed by atoms with Gasteiger partial charge in [-0.05, 0) is 24.6 Å². The molecule has 9 nitrogen and oxygen atoms in total. The van der Waals surface area contributed by atoms with E-state index in [-0.39, 0.29) is 55.6 Å². The molecule has 1 atom stereocenters. The summed E-state index contributed by atoms with van der Waals surface area (Å²) in [5.41, 5.74) is 1.28. The van der Waals surface area contributed by atoms with E-state index in [9.17, 15) is 24.0 Å². The third-order valence-electron chi connectivity index (χ3n) is 6.82. The van der Waals surface area contributed by atoms with Gasteiger partial charge in [0.25, 0.3) is 5.56 Å². The summed E-state index contributed by atoms with van der Waals surface area (Å²) in [4.78, 5) is 66.4. The zero-order valence-electron chi connectivity index (χ0n) is 19.7. The summed E-state index contributed by atoms with van der Waals surface area (Å²) in [6.07, 6.45) is 0.472. The van der Waals surface area contributed by atoms with Crippen molar-refractivity contribution in [3.05, 3.63) is 63.4 Å². The quantitative estimate of drug-likeness (QED) is 0.274. The van der Waals surface area contributed by atoms with Gasteiger partial charge in [0.15, 0.2) is 0 Å². The molecule has 0 bridgehead atoms. The Hall–Kier alpha value is -4.14. The maximum absolute atomic E-state index is 13.5. The Bertz CT molecular complexity index is 1490. The molecule has 9 heteroatoms. The highest BCUT2D eigenvalue weighted by molar-refractivity contribution is 5.89. The number of carbonyl (C=O) groups excluding carboxylic acids is 4. The number of Topliss-reactive ketones (excluding diaryl/α,β-unsaturated/α-hetero) is 1. The number of rotatable bonds is 8. The van der Waals surface area contributed by atoms with Crippen LogP contribution in [0.25, 0.3) is 22.3 Å². The predicted octanol–water partition coefficient (Wildman–Crippen LogP) is 2.96. The van der Waals surface area contributed by atoms with E-state index in [1.165, 1.54) is 0 Å². The van der Waals surface area contributed by atoms with Gasteiger partial charge in [0.1, 0.15) is 18.7 Å². The largest absolute Gasteiger partial charge is 0.457 e. The molecule has 0 N–H and O–H groups in total. The van der Waals surface area contributed by atoms with Crippen LogP contribution >= 0.6 is 0 Å². The van der Waals surface area contributed by atoms with Crippen molar-refractivity contribution < 1.29 is 28.7 Å². The highest BCUT2D eigenvalue weighted by atomic mass is 16.6. The van der Waals surface area contributed by atoms with Crippen LogP contribution in [0.3, 0.4) is 0 Å². The van der Waals surface area contributed by atoms with E-state index < -0.39 is 17.5 Å². The molecular weight excluding hydrogens is 464 g/mol. The lowest BCUT2D eigenvalue weighted by molar-refractivity contribution is -0.189. The second-order valence-electron chi connectivity index (χ2n) is 8.98. The van der Waals surface area contributed by atoms with Gasteiger partial charge in [-0.2, -0.15) is 0 Å². The zero-order valence-corrected chi connectivity index (χ0v) is 19.7. The number of aldehydes is 1. The Balaban J connectivity index is 1.54. The van der Waals surface area contributed by atoms with Gasteiger partial charge in [-0.3, -0.25) is 14.4 Å². The molecule has 184 valence electrons. The normalized spacial score (nSPS) is 17.6. The van der Waals surface area contributed by atoms with Crippen LogP contribution in [0.1, 0.15) is 55.7 Å². The Morgan fingerprint density at radius 2 is 1.97 bits per heavy atom. The van der Waals surface area contributed by atoms with Gasteiger partial charge < -0.3 is 18.8 Å². The van der Waals surface area contributed by atoms with Crippen LogP contribution in [0.4, 0.5) is 0 Å². The number of benzene rings is 1. The maximum Gasteiger partial charge on any atom is 0.355 e. The summed E-state index contributed by atoms with van der Waals surface area (Å²) in [6, 6.07) is 11.4. The minimum atomic E-state index is -1.80. The van der Waals surface area contributed by atoms with Gasteiger partial charge >= 0.3 is 11.9 Å². The molecular formula is C27H24N2O7. The molecule has 0 radical (unpaired) electrons. The first-order chi connectivity index (χ1) is 17.4. The van der Waals surface area contributed by atoms with E-state index in [4.69, 9.17) is 14.5 Å². The minimum Gasteiger partial charge on any atom is -0.457 e. The van der Waals surface area contributed by atoms with Crippen LogP contribution in [0.2, 0.25) is 0 Å². The molecule has 0 saturated heterocycles. The van der Waals surface area contributed by atoms with Crippen LogP contribution < -0.4 is 5.56 Å². The van der Waals surface area contributed by atoms with E-state index >= 15 is 0 Å². The molecule has 0 aliphatic carbocycles. The minimum absolute atomic E-state index is 0.0462. The van der Waals surface area contributed by atoms with Crippen molar-refractivity contribution in [1.29, 1.82) is 0 Å².